The summed E-state index contributed by atoms with van der Waals surface area (Å²) in [6.07, 6.45) is 0. The fourth-order valence-corrected chi connectivity index (χ4v) is 2.46. The van der Waals surface area contributed by atoms with Gasteiger partial charge < -0.3 is 10.4 Å². The smallest absolute Gasteiger partial charge is 0.354 e. The van der Waals surface area contributed by atoms with Crippen molar-refractivity contribution in [2.75, 3.05) is 5.32 Å². The van der Waals surface area contributed by atoms with Crippen molar-refractivity contribution in [3.05, 3.63) is 64.6 Å². The molecule has 1 heterocycles. The molecule has 0 saturated heterocycles. The highest BCUT2D eigenvalue weighted by Gasteiger charge is 2.12. The second kappa shape index (κ2) is 5.85. The van der Waals surface area contributed by atoms with Gasteiger partial charge >= 0.3 is 5.97 Å². The van der Waals surface area contributed by atoms with E-state index in [4.69, 9.17) is 11.6 Å². The first-order valence-electron chi connectivity index (χ1n) is 6.81. The van der Waals surface area contributed by atoms with Crippen LogP contribution in [0, 0.1) is 12.7 Å². The number of rotatable bonds is 3. The third kappa shape index (κ3) is 3.10. The summed E-state index contributed by atoms with van der Waals surface area (Å²) in [6.45, 7) is 1.93. The summed E-state index contributed by atoms with van der Waals surface area (Å²) in [5, 5.41) is 13.1. The number of hydrogen-bond acceptors (Lipinski definition) is 3. The summed E-state index contributed by atoms with van der Waals surface area (Å²) in [5.74, 6) is -1.63. The molecule has 0 fully saturated rings. The van der Waals surface area contributed by atoms with E-state index in [9.17, 15) is 14.3 Å². The highest BCUT2D eigenvalue weighted by Crippen LogP contribution is 2.29. The lowest BCUT2D eigenvalue weighted by Gasteiger charge is -2.12. The number of carboxylic acid groups (broad SMARTS) is 1. The maximum atomic E-state index is 13.3. The van der Waals surface area contributed by atoms with Crippen LogP contribution in [0.15, 0.2) is 42.5 Å². The third-order valence-electron chi connectivity index (χ3n) is 3.38. The molecule has 2 N–H and O–H groups in total. The normalized spacial score (nSPS) is 10.7. The van der Waals surface area contributed by atoms with Crippen molar-refractivity contribution in [2.24, 2.45) is 0 Å². The number of anilines is 2. The molecule has 23 heavy (non-hydrogen) atoms. The van der Waals surface area contributed by atoms with Gasteiger partial charge in [-0.15, -0.1) is 0 Å². The molecule has 2 aromatic carbocycles. The van der Waals surface area contributed by atoms with E-state index in [1.54, 1.807) is 6.07 Å². The molecule has 3 aromatic rings. The Morgan fingerprint density at radius 3 is 2.70 bits per heavy atom. The molecule has 116 valence electrons. The fraction of sp³-hybridized carbons (Fsp3) is 0.0588. The van der Waals surface area contributed by atoms with E-state index in [-0.39, 0.29) is 10.7 Å². The van der Waals surface area contributed by atoms with Gasteiger partial charge in [-0.3, -0.25) is 0 Å². The maximum Gasteiger partial charge on any atom is 0.354 e. The van der Waals surface area contributed by atoms with Crippen molar-refractivity contribution in [1.82, 2.24) is 4.98 Å². The fourth-order valence-electron chi connectivity index (χ4n) is 2.28. The minimum Gasteiger partial charge on any atom is -0.477 e. The summed E-state index contributed by atoms with van der Waals surface area (Å²) < 4.78 is 13.3. The van der Waals surface area contributed by atoms with E-state index in [1.807, 2.05) is 19.1 Å². The standard InChI is InChI=1S/C17H12ClFN2O2/c1-9-2-5-14-11(6-9)15(8-16(21-14)17(22)23)20-10-3-4-13(19)12(18)7-10/h2-8H,1H3,(H,20,21)(H,22,23). The first kappa shape index (κ1) is 15.2. The van der Waals surface area contributed by atoms with Crippen LogP contribution in [-0.4, -0.2) is 16.1 Å². The van der Waals surface area contributed by atoms with Crippen LogP contribution in [0.3, 0.4) is 0 Å². The molecule has 0 amide bonds. The minimum absolute atomic E-state index is 0.0111. The van der Waals surface area contributed by atoms with Gasteiger partial charge in [0.05, 0.1) is 16.2 Å². The monoisotopic (exact) mass is 330 g/mol. The van der Waals surface area contributed by atoms with Gasteiger partial charge in [0.15, 0.2) is 5.69 Å². The highest BCUT2D eigenvalue weighted by molar-refractivity contribution is 6.31. The van der Waals surface area contributed by atoms with Crippen LogP contribution in [0.1, 0.15) is 16.1 Å². The molecule has 0 aliphatic heterocycles. The zero-order valence-corrected chi connectivity index (χ0v) is 12.9. The van der Waals surface area contributed by atoms with Crippen LogP contribution in [0.25, 0.3) is 10.9 Å². The van der Waals surface area contributed by atoms with Crippen LogP contribution >= 0.6 is 11.6 Å². The Hall–Kier alpha value is -2.66. The van der Waals surface area contributed by atoms with E-state index >= 15 is 0 Å². The van der Waals surface area contributed by atoms with Gasteiger partial charge in [0.1, 0.15) is 5.82 Å². The molecular formula is C17H12ClFN2O2. The van der Waals surface area contributed by atoms with Crippen molar-refractivity contribution in [3.63, 3.8) is 0 Å². The first-order valence-corrected chi connectivity index (χ1v) is 7.18. The second-order valence-corrected chi connectivity index (χ2v) is 5.54. The van der Waals surface area contributed by atoms with Crippen LogP contribution in [0.5, 0.6) is 0 Å². The first-order chi connectivity index (χ1) is 10.9. The lowest BCUT2D eigenvalue weighted by molar-refractivity contribution is 0.0691. The van der Waals surface area contributed by atoms with E-state index in [0.717, 1.165) is 10.9 Å². The molecule has 4 nitrogen and oxygen atoms in total. The molecule has 1 aromatic heterocycles. The quantitative estimate of drug-likeness (QED) is 0.725. The zero-order chi connectivity index (χ0) is 16.6. The highest BCUT2D eigenvalue weighted by atomic mass is 35.5. The number of hydrogen-bond donors (Lipinski definition) is 2. The van der Waals surface area contributed by atoms with E-state index in [0.29, 0.717) is 16.9 Å². The zero-order valence-electron chi connectivity index (χ0n) is 12.1. The molecule has 0 atom stereocenters. The Kier molecular flexibility index (Phi) is 3.88. The predicted molar refractivity (Wildman–Crippen MR) is 88.1 cm³/mol. The second-order valence-electron chi connectivity index (χ2n) is 5.13. The van der Waals surface area contributed by atoms with Gasteiger partial charge in [0, 0.05) is 11.1 Å². The van der Waals surface area contributed by atoms with Crippen molar-refractivity contribution in [2.45, 2.75) is 6.92 Å². The summed E-state index contributed by atoms with van der Waals surface area (Å²) in [5.41, 5.74) is 2.63. The number of carboxylic acids is 1. The van der Waals surface area contributed by atoms with Crippen LogP contribution < -0.4 is 5.32 Å². The number of pyridine rings is 1. The number of nitrogens with zero attached hydrogens (tertiary/aromatic N) is 1. The Morgan fingerprint density at radius 1 is 1.22 bits per heavy atom. The molecule has 0 unspecified atom stereocenters. The van der Waals surface area contributed by atoms with Gasteiger partial charge in [-0.1, -0.05) is 23.2 Å². The van der Waals surface area contributed by atoms with Crippen LogP contribution in [-0.2, 0) is 0 Å². The number of fused-ring (bicyclic) bond motifs is 1. The Balaban J connectivity index is 2.15. The summed E-state index contributed by atoms with van der Waals surface area (Å²) in [7, 11) is 0. The Bertz CT molecular complexity index is 928. The predicted octanol–water partition coefficient (Wildman–Crippen LogP) is 4.78. The molecule has 3 rings (SSSR count). The molecule has 0 aliphatic carbocycles. The third-order valence-corrected chi connectivity index (χ3v) is 3.67. The minimum atomic E-state index is -1.12. The number of halogens is 2. The molecule has 0 bridgehead atoms. The average Bonchev–Trinajstić information content (AvgIpc) is 2.51. The van der Waals surface area contributed by atoms with E-state index in [2.05, 4.69) is 10.3 Å². The summed E-state index contributed by atoms with van der Waals surface area (Å²) >= 11 is 5.78. The van der Waals surface area contributed by atoms with Gasteiger partial charge in [0.25, 0.3) is 0 Å². The number of aryl methyl sites for hydroxylation is 1. The Morgan fingerprint density at radius 2 is 2.00 bits per heavy atom. The van der Waals surface area contributed by atoms with Crippen molar-refractivity contribution >= 4 is 39.8 Å². The number of nitrogens with one attached hydrogen (secondary N) is 1. The van der Waals surface area contributed by atoms with E-state index < -0.39 is 11.8 Å². The SMILES string of the molecule is Cc1ccc2nc(C(=O)O)cc(Nc3ccc(F)c(Cl)c3)c2c1. The van der Waals surface area contributed by atoms with Gasteiger partial charge in [0.2, 0.25) is 0 Å². The van der Waals surface area contributed by atoms with Crippen LogP contribution in [0.2, 0.25) is 5.02 Å². The molecule has 0 spiro atoms. The Labute approximate surface area is 136 Å². The summed E-state index contributed by atoms with van der Waals surface area (Å²) in [4.78, 5) is 15.4. The average molecular weight is 331 g/mol. The number of aromatic carboxylic acids is 1. The lowest BCUT2D eigenvalue weighted by atomic mass is 10.1. The number of carbonyl (C=O) groups is 1. The van der Waals surface area contributed by atoms with E-state index in [1.165, 1.54) is 24.3 Å². The largest absolute Gasteiger partial charge is 0.477 e. The number of benzene rings is 2. The van der Waals surface area contributed by atoms with Gasteiger partial charge in [-0.05, 0) is 43.3 Å². The maximum absolute atomic E-state index is 13.3. The molecule has 0 aliphatic rings. The van der Waals surface area contributed by atoms with Crippen molar-refractivity contribution in [1.29, 1.82) is 0 Å². The molecule has 0 radical (unpaired) electrons. The molecule has 6 heteroatoms. The van der Waals surface area contributed by atoms with Gasteiger partial charge in [-0.2, -0.15) is 0 Å². The van der Waals surface area contributed by atoms with Crippen molar-refractivity contribution < 1.29 is 14.3 Å². The van der Waals surface area contributed by atoms with Crippen LogP contribution in [0.4, 0.5) is 15.8 Å². The van der Waals surface area contributed by atoms with Crippen molar-refractivity contribution in [3.8, 4) is 0 Å². The summed E-state index contributed by atoms with van der Waals surface area (Å²) in [6, 6.07) is 11.2. The van der Waals surface area contributed by atoms with Gasteiger partial charge in [-0.25, -0.2) is 14.2 Å². The lowest BCUT2D eigenvalue weighted by Crippen LogP contribution is -2.03. The molecule has 0 saturated carbocycles. The molecular weight excluding hydrogens is 319 g/mol. The number of aromatic nitrogens is 1. The topological polar surface area (TPSA) is 62.2 Å².